The van der Waals surface area contributed by atoms with Gasteiger partial charge < -0.3 is 14.7 Å². The van der Waals surface area contributed by atoms with Crippen molar-refractivity contribution in [2.45, 2.75) is 6.92 Å². The first-order valence-electron chi connectivity index (χ1n) is 7.10. The summed E-state index contributed by atoms with van der Waals surface area (Å²) in [5.41, 5.74) is 1.000. The predicted molar refractivity (Wildman–Crippen MR) is 84.4 cm³/mol. The van der Waals surface area contributed by atoms with E-state index in [0.717, 1.165) is 49.0 Å². The topological polar surface area (TPSA) is 35.9 Å². The van der Waals surface area contributed by atoms with E-state index in [1.54, 1.807) is 0 Å². The van der Waals surface area contributed by atoms with Crippen molar-refractivity contribution in [3.05, 3.63) is 29.8 Å². The Morgan fingerprint density at radius 3 is 2.60 bits per heavy atom. The van der Waals surface area contributed by atoms with Gasteiger partial charge in [0.05, 0.1) is 18.8 Å². The van der Waals surface area contributed by atoms with Crippen molar-refractivity contribution in [1.29, 1.82) is 0 Å². The van der Waals surface area contributed by atoms with E-state index in [4.69, 9.17) is 22.1 Å². The minimum atomic E-state index is 0.220. The molecule has 1 aromatic rings. The largest absolute Gasteiger partial charge is 0.493 e. The zero-order chi connectivity index (χ0) is 14.4. The number of rotatable bonds is 5. The normalized spacial score (nSPS) is 16.2. The van der Waals surface area contributed by atoms with E-state index in [1.807, 2.05) is 31.2 Å². The Kier molecular flexibility index (Phi) is 5.76. The summed E-state index contributed by atoms with van der Waals surface area (Å²) in [5.74, 6) is 0.859. The fourth-order valence-corrected chi connectivity index (χ4v) is 2.76. The monoisotopic (exact) mass is 294 g/mol. The van der Waals surface area contributed by atoms with Crippen LogP contribution < -0.4 is 4.74 Å². The van der Waals surface area contributed by atoms with Gasteiger partial charge in [0.2, 0.25) is 0 Å². The lowest BCUT2D eigenvalue weighted by molar-refractivity contribution is 0.148. The summed E-state index contributed by atoms with van der Waals surface area (Å²) in [4.78, 5) is 5.34. The van der Waals surface area contributed by atoms with Crippen molar-refractivity contribution >= 4 is 17.2 Å². The maximum absolute atomic E-state index is 8.97. The maximum atomic E-state index is 8.97. The number of nitrogens with zero attached hydrogens (tertiary/aromatic N) is 2. The molecule has 20 heavy (non-hydrogen) atoms. The molecule has 1 saturated heterocycles. The molecule has 1 fully saturated rings. The van der Waals surface area contributed by atoms with E-state index >= 15 is 0 Å². The maximum Gasteiger partial charge on any atom is 0.129 e. The number of para-hydroxylation sites is 1. The number of β-amino-alcohol motifs (C(OH)–C–C–N with tert-alkyl or cyclic N) is 1. The van der Waals surface area contributed by atoms with Gasteiger partial charge in [0, 0.05) is 32.7 Å². The van der Waals surface area contributed by atoms with Crippen LogP contribution in [0.5, 0.6) is 5.75 Å². The molecule has 4 nitrogen and oxygen atoms in total. The Labute approximate surface area is 125 Å². The van der Waals surface area contributed by atoms with Gasteiger partial charge in [-0.3, -0.25) is 4.90 Å². The van der Waals surface area contributed by atoms with Gasteiger partial charge in [-0.1, -0.05) is 24.4 Å². The van der Waals surface area contributed by atoms with E-state index in [1.165, 1.54) is 0 Å². The fraction of sp³-hybridized carbons (Fsp3) is 0.533. The van der Waals surface area contributed by atoms with E-state index in [0.29, 0.717) is 6.61 Å². The second-order valence-corrected chi connectivity index (χ2v) is 5.17. The molecule has 0 aliphatic carbocycles. The Morgan fingerprint density at radius 2 is 1.95 bits per heavy atom. The highest BCUT2D eigenvalue weighted by molar-refractivity contribution is 7.80. The summed E-state index contributed by atoms with van der Waals surface area (Å²) in [7, 11) is 0. The molecule has 0 radical (unpaired) electrons. The highest BCUT2D eigenvalue weighted by Crippen LogP contribution is 2.21. The molecule has 1 aromatic carbocycles. The average Bonchev–Trinajstić information content (AvgIpc) is 2.49. The third-order valence-corrected chi connectivity index (χ3v) is 3.97. The van der Waals surface area contributed by atoms with Crippen LogP contribution in [-0.4, -0.2) is 65.8 Å². The molecular weight excluding hydrogens is 272 g/mol. The molecule has 5 heteroatoms. The lowest BCUT2D eigenvalue weighted by atomic mass is 10.1. The summed E-state index contributed by atoms with van der Waals surface area (Å²) < 4.78 is 5.65. The van der Waals surface area contributed by atoms with Crippen molar-refractivity contribution in [3.63, 3.8) is 0 Å². The number of piperazine rings is 1. The Bertz CT molecular complexity index is 445. The first kappa shape index (κ1) is 15.2. The molecule has 1 aliphatic rings. The number of aliphatic hydroxyl groups is 1. The third-order valence-electron chi connectivity index (χ3n) is 3.49. The quantitative estimate of drug-likeness (QED) is 0.830. The summed E-state index contributed by atoms with van der Waals surface area (Å²) in [6.07, 6.45) is 0. The second-order valence-electron chi connectivity index (χ2n) is 4.79. The van der Waals surface area contributed by atoms with E-state index < -0.39 is 0 Å². The first-order valence-corrected chi connectivity index (χ1v) is 7.51. The Morgan fingerprint density at radius 1 is 1.25 bits per heavy atom. The Hall–Kier alpha value is -1.17. The highest BCUT2D eigenvalue weighted by Gasteiger charge is 2.21. The van der Waals surface area contributed by atoms with Gasteiger partial charge >= 0.3 is 0 Å². The standard InChI is InChI=1S/C15H22N2O2S/c1-2-19-14-6-4-3-5-13(14)15(20)17-9-7-16(8-10-17)11-12-18/h3-6,18H,2,7-12H2,1H3. The molecule has 0 saturated carbocycles. The number of hydrogen-bond acceptors (Lipinski definition) is 4. The van der Waals surface area contributed by atoms with Crippen LogP contribution in [0.1, 0.15) is 12.5 Å². The highest BCUT2D eigenvalue weighted by atomic mass is 32.1. The van der Waals surface area contributed by atoms with Crippen LogP contribution in [0.4, 0.5) is 0 Å². The molecule has 1 heterocycles. The van der Waals surface area contributed by atoms with Crippen molar-refractivity contribution in [3.8, 4) is 5.75 Å². The first-order chi connectivity index (χ1) is 9.76. The zero-order valence-corrected chi connectivity index (χ0v) is 12.7. The fourth-order valence-electron chi connectivity index (χ4n) is 2.41. The summed E-state index contributed by atoms with van der Waals surface area (Å²) in [6.45, 7) is 7.28. The van der Waals surface area contributed by atoms with Crippen LogP contribution >= 0.6 is 12.2 Å². The van der Waals surface area contributed by atoms with Crippen LogP contribution in [0.25, 0.3) is 0 Å². The number of ether oxygens (including phenoxy) is 1. The molecular formula is C15H22N2O2S. The van der Waals surface area contributed by atoms with Crippen LogP contribution in [-0.2, 0) is 0 Å². The Balaban J connectivity index is 2.02. The number of aliphatic hydroxyl groups excluding tert-OH is 1. The average molecular weight is 294 g/mol. The molecule has 0 atom stereocenters. The molecule has 110 valence electrons. The lowest BCUT2D eigenvalue weighted by Crippen LogP contribution is -2.49. The second kappa shape index (κ2) is 7.57. The van der Waals surface area contributed by atoms with Crippen molar-refractivity contribution in [1.82, 2.24) is 9.80 Å². The summed E-state index contributed by atoms with van der Waals surface area (Å²) in [6, 6.07) is 7.95. The van der Waals surface area contributed by atoms with E-state index in [9.17, 15) is 0 Å². The number of benzene rings is 1. The molecule has 0 amide bonds. The predicted octanol–water partition coefficient (Wildman–Crippen LogP) is 1.37. The van der Waals surface area contributed by atoms with Crippen molar-refractivity contribution < 1.29 is 9.84 Å². The molecule has 0 aromatic heterocycles. The van der Waals surface area contributed by atoms with Gasteiger partial charge in [0.1, 0.15) is 10.7 Å². The molecule has 1 N–H and O–H groups in total. The van der Waals surface area contributed by atoms with Gasteiger partial charge in [0.15, 0.2) is 0 Å². The van der Waals surface area contributed by atoms with E-state index in [-0.39, 0.29) is 6.61 Å². The minimum absolute atomic E-state index is 0.220. The van der Waals surface area contributed by atoms with Gasteiger partial charge in [-0.05, 0) is 19.1 Å². The summed E-state index contributed by atoms with van der Waals surface area (Å²) in [5, 5.41) is 8.97. The molecule has 1 aliphatic heterocycles. The molecule has 0 unspecified atom stereocenters. The van der Waals surface area contributed by atoms with Gasteiger partial charge in [0.25, 0.3) is 0 Å². The van der Waals surface area contributed by atoms with Gasteiger partial charge in [-0.25, -0.2) is 0 Å². The van der Waals surface area contributed by atoms with Crippen LogP contribution in [0.2, 0.25) is 0 Å². The smallest absolute Gasteiger partial charge is 0.129 e. The van der Waals surface area contributed by atoms with Crippen LogP contribution in [0.3, 0.4) is 0 Å². The molecule has 0 bridgehead atoms. The van der Waals surface area contributed by atoms with E-state index in [2.05, 4.69) is 9.80 Å². The van der Waals surface area contributed by atoms with Crippen LogP contribution in [0.15, 0.2) is 24.3 Å². The molecule has 0 spiro atoms. The summed E-state index contributed by atoms with van der Waals surface area (Å²) >= 11 is 5.62. The lowest BCUT2D eigenvalue weighted by Gasteiger charge is -2.36. The van der Waals surface area contributed by atoms with Crippen LogP contribution in [0, 0.1) is 0 Å². The number of thiocarbonyl (C=S) groups is 1. The number of hydrogen-bond donors (Lipinski definition) is 1. The third kappa shape index (κ3) is 3.69. The zero-order valence-electron chi connectivity index (χ0n) is 11.9. The van der Waals surface area contributed by atoms with Crippen molar-refractivity contribution in [2.24, 2.45) is 0 Å². The minimum Gasteiger partial charge on any atom is -0.493 e. The SMILES string of the molecule is CCOc1ccccc1C(=S)N1CCN(CCO)CC1. The van der Waals surface area contributed by atoms with Crippen molar-refractivity contribution in [2.75, 3.05) is 45.9 Å². The van der Waals surface area contributed by atoms with Gasteiger partial charge in [-0.15, -0.1) is 0 Å². The van der Waals surface area contributed by atoms with Gasteiger partial charge in [-0.2, -0.15) is 0 Å². The molecule has 2 rings (SSSR count).